The Balaban J connectivity index is 2.11. The second-order valence-corrected chi connectivity index (χ2v) is 4.82. The van der Waals surface area contributed by atoms with E-state index in [4.69, 9.17) is 4.74 Å². The SMILES string of the molecule is CCCC1CN(c2ncc(OC)cn2)CC1C(=O)O. The molecule has 0 aromatic carbocycles. The quantitative estimate of drug-likeness (QED) is 0.867. The van der Waals surface area contributed by atoms with E-state index >= 15 is 0 Å². The fraction of sp³-hybridized carbons (Fsp3) is 0.615. The number of anilines is 1. The second-order valence-electron chi connectivity index (χ2n) is 4.82. The lowest BCUT2D eigenvalue weighted by atomic mass is 9.92. The molecule has 2 rings (SSSR count). The summed E-state index contributed by atoms with van der Waals surface area (Å²) in [7, 11) is 1.56. The molecular weight excluding hydrogens is 246 g/mol. The van der Waals surface area contributed by atoms with Crippen molar-refractivity contribution in [2.45, 2.75) is 19.8 Å². The number of methoxy groups -OCH3 is 1. The van der Waals surface area contributed by atoms with Crippen molar-refractivity contribution in [2.24, 2.45) is 11.8 Å². The Morgan fingerprint density at radius 3 is 2.68 bits per heavy atom. The smallest absolute Gasteiger partial charge is 0.308 e. The van der Waals surface area contributed by atoms with Crippen LogP contribution in [0.5, 0.6) is 5.75 Å². The number of hydrogen-bond donors (Lipinski definition) is 1. The van der Waals surface area contributed by atoms with Gasteiger partial charge in [-0.25, -0.2) is 9.97 Å². The molecule has 6 nitrogen and oxygen atoms in total. The standard InChI is InChI=1S/C13H19N3O3/c1-3-4-9-7-16(8-11(9)12(17)18)13-14-5-10(19-2)6-15-13/h5-6,9,11H,3-4,7-8H2,1-2H3,(H,17,18). The Morgan fingerprint density at radius 1 is 1.47 bits per heavy atom. The van der Waals surface area contributed by atoms with Crippen LogP contribution in [-0.2, 0) is 4.79 Å². The summed E-state index contributed by atoms with van der Waals surface area (Å²) in [6, 6.07) is 0. The summed E-state index contributed by atoms with van der Waals surface area (Å²) in [6.45, 7) is 3.26. The van der Waals surface area contributed by atoms with Gasteiger partial charge in [-0.1, -0.05) is 13.3 Å². The van der Waals surface area contributed by atoms with Crippen LogP contribution in [0, 0.1) is 11.8 Å². The minimum atomic E-state index is -0.727. The van der Waals surface area contributed by atoms with Crippen molar-refractivity contribution in [3.63, 3.8) is 0 Å². The highest BCUT2D eigenvalue weighted by Crippen LogP contribution is 2.29. The Bertz CT molecular complexity index is 435. The molecule has 104 valence electrons. The van der Waals surface area contributed by atoms with Gasteiger partial charge in [0.15, 0.2) is 5.75 Å². The first-order valence-electron chi connectivity index (χ1n) is 6.49. The number of hydrogen-bond acceptors (Lipinski definition) is 5. The maximum atomic E-state index is 11.3. The molecule has 0 radical (unpaired) electrons. The molecule has 0 bridgehead atoms. The predicted octanol–water partition coefficient (Wildman–Crippen LogP) is 1.42. The van der Waals surface area contributed by atoms with E-state index in [2.05, 4.69) is 16.9 Å². The van der Waals surface area contributed by atoms with Crippen molar-refractivity contribution in [3.8, 4) is 5.75 Å². The minimum Gasteiger partial charge on any atom is -0.494 e. The van der Waals surface area contributed by atoms with Crippen LogP contribution in [0.25, 0.3) is 0 Å². The molecule has 0 aliphatic carbocycles. The van der Waals surface area contributed by atoms with E-state index in [-0.39, 0.29) is 11.8 Å². The number of rotatable bonds is 5. The third-order valence-electron chi connectivity index (χ3n) is 3.55. The van der Waals surface area contributed by atoms with Crippen molar-refractivity contribution in [2.75, 3.05) is 25.1 Å². The van der Waals surface area contributed by atoms with Crippen LogP contribution in [0.15, 0.2) is 12.4 Å². The van der Waals surface area contributed by atoms with E-state index in [0.29, 0.717) is 24.8 Å². The fourth-order valence-electron chi connectivity index (χ4n) is 2.56. The number of nitrogens with zero attached hydrogens (tertiary/aromatic N) is 3. The Kier molecular flexibility index (Phi) is 4.19. The van der Waals surface area contributed by atoms with Gasteiger partial charge in [0.1, 0.15) is 0 Å². The zero-order valence-electron chi connectivity index (χ0n) is 11.2. The molecule has 1 N–H and O–H groups in total. The normalized spacial score (nSPS) is 22.5. The van der Waals surface area contributed by atoms with Crippen molar-refractivity contribution in [1.82, 2.24) is 9.97 Å². The highest BCUT2D eigenvalue weighted by atomic mass is 16.5. The molecule has 1 aromatic heterocycles. The lowest BCUT2D eigenvalue weighted by Crippen LogP contribution is -2.24. The zero-order chi connectivity index (χ0) is 13.8. The van der Waals surface area contributed by atoms with E-state index in [1.165, 1.54) is 0 Å². The average molecular weight is 265 g/mol. The third-order valence-corrected chi connectivity index (χ3v) is 3.55. The summed E-state index contributed by atoms with van der Waals surface area (Å²) in [5, 5.41) is 9.27. The van der Waals surface area contributed by atoms with Gasteiger partial charge in [-0.2, -0.15) is 0 Å². The van der Waals surface area contributed by atoms with Gasteiger partial charge in [0, 0.05) is 13.1 Å². The van der Waals surface area contributed by atoms with Gasteiger partial charge in [-0.15, -0.1) is 0 Å². The Morgan fingerprint density at radius 2 is 2.16 bits per heavy atom. The second kappa shape index (κ2) is 5.86. The Labute approximate surface area is 112 Å². The molecule has 0 saturated carbocycles. The number of carboxylic acid groups (broad SMARTS) is 1. The van der Waals surface area contributed by atoms with E-state index in [1.54, 1.807) is 19.5 Å². The summed E-state index contributed by atoms with van der Waals surface area (Å²) in [5.74, 6) is 0.293. The van der Waals surface area contributed by atoms with Crippen LogP contribution >= 0.6 is 0 Å². The van der Waals surface area contributed by atoms with Crippen LogP contribution in [0.1, 0.15) is 19.8 Å². The average Bonchev–Trinajstić information content (AvgIpc) is 2.83. The lowest BCUT2D eigenvalue weighted by molar-refractivity contribution is -0.142. The van der Waals surface area contributed by atoms with Crippen LogP contribution in [-0.4, -0.2) is 41.2 Å². The number of carbonyl (C=O) groups is 1. The molecule has 2 heterocycles. The zero-order valence-corrected chi connectivity index (χ0v) is 11.2. The first kappa shape index (κ1) is 13.6. The van der Waals surface area contributed by atoms with Crippen molar-refractivity contribution >= 4 is 11.9 Å². The highest BCUT2D eigenvalue weighted by molar-refractivity contribution is 5.72. The lowest BCUT2D eigenvalue weighted by Gasteiger charge is -2.15. The summed E-state index contributed by atoms with van der Waals surface area (Å²) in [6.07, 6.45) is 5.12. The molecule has 0 amide bonds. The first-order valence-corrected chi connectivity index (χ1v) is 6.49. The fourth-order valence-corrected chi connectivity index (χ4v) is 2.56. The molecule has 1 aromatic rings. The molecule has 1 saturated heterocycles. The monoisotopic (exact) mass is 265 g/mol. The summed E-state index contributed by atoms with van der Waals surface area (Å²) < 4.78 is 5.01. The van der Waals surface area contributed by atoms with Gasteiger partial charge in [0.2, 0.25) is 5.95 Å². The molecule has 2 unspecified atom stereocenters. The first-order chi connectivity index (χ1) is 9.15. The molecule has 1 aliphatic heterocycles. The van der Waals surface area contributed by atoms with E-state index in [0.717, 1.165) is 12.8 Å². The van der Waals surface area contributed by atoms with Crippen LogP contribution in [0.4, 0.5) is 5.95 Å². The van der Waals surface area contributed by atoms with Crippen LogP contribution in [0.3, 0.4) is 0 Å². The topological polar surface area (TPSA) is 75.5 Å². The van der Waals surface area contributed by atoms with Crippen molar-refractivity contribution < 1.29 is 14.6 Å². The van der Waals surface area contributed by atoms with Crippen molar-refractivity contribution in [1.29, 1.82) is 0 Å². The number of ether oxygens (including phenoxy) is 1. The van der Waals surface area contributed by atoms with E-state index in [1.807, 2.05) is 4.90 Å². The molecule has 6 heteroatoms. The molecular formula is C13H19N3O3. The van der Waals surface area contributed by atoms with Crippen molar-refractivity contribution in [3.05, 3.63) is 12.4 Å². The maximum Gasteiger partial charge on any atom is 0.308 e. The molecule has 19 heavy (non-hydrogen) atoms. The third kappa shape index (κ3) is 2.94. The molecule has 2 atom stereocenters. The molecule has 1 aliphatic rings. The Hall–Kier alpha value is -1.85. The van der Waals surface area contributed by atoms with Gasteiger partial charge >= 0.3 is 5.97 Å². The molecule has 0 spiro atoms. The van der Waals surface area contributed by atoms with Crippen LogP contribution in [0.2, 0.25) is 0 Å². The van der Waals surface area contributed by atoms with Gasteiger partial charge in [0.05, 0.1) is 25.4 Å². The van der Waals surface area contributed by atoms with E-state index < -0.39 is 5.97 Å². The van der Waals surface area contributed by atoms with E-state index in [9.17, 15) is 9.90 Å². The summed E-state index contributed by atoms with van der Waals surface area (Å²) in [4.78, 5) is 21.7. The largest absolute Gasteiger partial charge is 0.494 e. The summed E-state index contributed by atoms with van der Waals surface area (Å²) in [5.41, 5.74) is 0. The minimum absolute atomic E-state index is 0.174. The summed E-state index contributed by atoms with van der Waals surface area (Å²) >= 11 is 0. The van der Waals surface area contributed by atoms with Gasteiger partial charge in [-0.05, 0) is 12.3 Å². The van der Waals surface area contributed by atoms with Gasteiger partial charge < -0.3 is 14.7 Å². The predicted molar refractivity (Wildman–Crippen MR) is 70.3 cm³/mol. The highest BCUT2D eigenvalue weighted by Gasteiger charge is 2.37. The molecule has 1 fully saturated rings. The van der Waals surface area contributed by atoms with Gasteiger partial charge in [0.25, 0.3) is 0 Å². The number of aromatic nitrogens is 2. The van der Waals surface area contributed by atoms with Crippen LogP contribution < -0.4 is 9.64 Å². The van der Waals surface area contributed by atoms with Gasteiger partial charge in [-0.3, -0.25) is 4.79 Å². The number of carboxylic acids is 1. The maximum absolute atomic E-state index is 11.3. The number of aliphatic carboxylic acids is 1.